The monoisotopic (exact) mass is 397 g/mol. The zero-order valence-corrected chi connectivity index (χ0v) is 15.5. The third kappa shape index (κ3) is 3.06. The molecule has 0 bridgehead atoms. The molecule has 4 heterocycles. The molecule has 0 unspecified atom stereocenters. The molecule has 29 heavy (non-hydrogen) atoms. The van der Waals surface area contributed by atoms with Crippen LogP contribution in [-0.2, 0) is 20.0 Å². The van der Waals surface area contributed by atoms with E-state index in [0.29, 0.717) is 35.6 Å². The lowest BCUT2D eigenvalue weighted by molar-refractivity contribution is 0.474. The fraction of sp³-hybridized carbons (Fsp3) is 0.263. The zero-order chi connectivity index (χ0) is 20.1. The minimum atomic E-state index is -0.638. The molecule has 0 saturated carbocycles. The van der Waals surface area contributed by atoms with Gasteiger partial charge >= 0.3 is 0 Å². The summed E-state index contributed by atoms with van der Waals surface area (Å²) in [6.45, 7) is 0.582. The van der Waals surface area contributed by atoms with E-state index in [9.17, 15) is 13.6 Å². The Morgan fingerprint density at radius 2 is 2.14 bits per heavy atom. The van der Waals surface area contributed by atoms with E-state index < -0.39 is 11.6 Å². The van der Waals surface area contributed by atoms with E-state index in [0.717, 1.165) is 18.3 Å². The highest BCUT2D eigenvalue weighted by molar-refractivity contribution is 5.74. The molecular weight excluding hydrogens is 380 g/mol. The topological polar surface area (TPSA) is 93.4 Å². The molecule has 148 valence electrons. The average molecular weight is 397 g/mol. The Labute approximate surface area is 163 Å². The van der Waals surface area contributed by atoms with Crippen LogP contribution < -0.4 is 10.9 Å². The summed E-state index contributed by atoms with van der Waals surface area (Å²) in [5.41, 5.74) is 0.995. The molecule has 0 fully saturated rings. The molecule has 0 amide bonds. The number of fused-ring (bicyclic) bond motifs is 2. The van der Waals surface area contributed by atoms with Crippen LogP contribution in [-0.4, -0.2) is 35.3 Å². The molecule has 1 aliphatic heterocycles. The number of aromatic amines is 1. The minimum Gasteiger partial charge on any atom is -0.351 e. The Hall–Kier alpha value is -3.56. The maximum Gasteiger partial charge on any atom is 0.263 e. The highest BCUT2D eigenvalue weighted by Crippen LogP contribution is 2.26. The van der Waals surface area contributed by atoms with Gasteiger partial charge in [-0.05, 0) is 18.6 Å². The molecular formula is C19H17F2N7O. The van der Waals surface area contributed by atoms with Gasteiger partial charge in [0, 0.05) is 43.9 Å². The fourth-order valence-corrected chi connectivity index (χ4v) is 3.68. The minimum absolute atomic E-state index is 0.0106. The lowest BCUT2D eigenvalue weighted by Gasteiger charge is -2.24. The van der Waals surface area contributed by atoms with Crippen molar-refractivity contribution in [1.29, 1.82) is 0 Å². The lowest BCUT2D eigenvalue weighted by Crippen LogP contribution is -2.32. The summed E-state index contributed by atoms with van der Waals surface area (Å²) in [6.07, 6.45) is 4.70. The van der Waals surface area contributed by atoms with Gasteiger partial charge in [0.2, 0.25) is 5.95 Å². The van der Waals surface area contributed by atoms with Crippen molar-refractivity contribution in [2.45, 2.75) is 25.4 Å². The standard InChI is InChI=1S/C19H17F2N7O/c1-27-17-13(7-22-27)18(29)26-19(25-17)23-11-3-5-16-24-15(9-28(16)8-11)12-4-2-10(20)6-14(12)21/h2,4,6-7,9,11H,3,5,8H2,1H3,(H2,23,25,26,29)/t11-/m1/s1. The van der Waals surface area contributed by atoms with Gasteiger partial charge in [0.15, 0.2) is 5.65 Å². The first-order chi connectivity index (χ1) is 14.0. The van der Waals surface area contributed by atoms with Gasteiger partial charge in [-0.2, -0.15) is 10.1 Å². The third-order valence-corrected chi connectivity index (χ3v) is 5.14. The SMILES string of the molecule is Cn1ncc2c(=O)[nH]c(N[C@@H]3CCc4nc(-c5ccc(F)cc5F)cn4C3)nc21. The number of hydrogen-bond donors (Lipinski definition) is 2. The Balaban J connectivity index is 1.39. The summed E-state index contributed by atoms with van der Waals surface area (Å²) in [7, 11) is 1.73. The number of nitrogens with zero attached hydrogens (tertiary/aromatic N) is 5. The summed E-state index contributed by atoms with van der Waals surface area (Å²) in [4.78, 5) is 23.9. The van der Waals surface area contributed by atoms with Crippen molar-refractivity contribution in [1.82, 2.24) is 29.3 Å². The summed E-state index contributed by atoms with van der Waals surface area (Å²) in [5.74, 6) is -0.0393. The first-order valence-electron chi connectivity index (χ1n) is 9.18. The average Bonchev–Trinajstić information content (AvgIpc) is 3.25. The van der Waals surface area contributed by atoms with Crippen molar-refractivity contribution in [3.8, 4) is 11.3 Å². The largest absolute Gasteiger partial charge is 0.351 e. The number of hydrogen-bond acceptors (Lipinski definition) is 5. The van der Waals surface area contributed by atoms with Gasteiger partial charge in [-0.25, -0.2) is 13.8 Å². The second kappa shape index (κ2) is 6.50. The predicted molar refractivity (Wildman–Crippen MR) is 102 cm³/mol. The van der Waals surface area contributed by atoms with Gasteiger partial charge < -0.3 is 9.88 Å². The smallest absolute Gasteiger partial charge is 0.263 e. The fourth-order valence-electron chi connectivity index (χ4n) is 3.68. The van der Waals surface area contributed by atoms with Crippen molar-refractivity contribution in [2.24, 2.45) is 7.05 Å². The number of H-pyrrole nitrogens is 1. The molecule has 4 aromatic rings. The van der Waals surface area contributed by atoms with Gasteiger partial charge in [-0.15, -0.1) is 0 Å². The Kier molecular flexibility index (Phi) is 3.93. The predicted octanol–water partition coefficient (Wildman–Crippen LogP) is 2.23. The highest BCUT2D eigenvalue weighted by atomic mass is 19.1. The molecule has 2 N–H and O–H groups in total. The molecule has 1 atom stereocenters. The second-order valence-corrected chi connectivity index (χ2v) is 7.12. The second-order valence-electron chi connectivity index (χ2n) is 7.12. The van der Waals surface area contributed by atoms with Gasteiger partial charge in [0.25, 0.3) is 5.56 Å². The van der Waals surface area contributed by atoms with Gasteiger partial charge in [0.05, 0.1) is 11.9 Å². The van der Waals surface area contributed by atoms with Crippen LogP contribution in [0.5, 0.6) is 0 Å². The van der Waals surface area contributed by atoms with Crippen LogP contribution in [0.3, 0.4) is 0 Å². The van der Waals surface area contributed by atoms with Crippen molar-refractivity contribution < 1.29 is 8.78 Å². The van der Waals surface area contributed by atoms with Crippen LogP contribution in [0.2, 0.25) is 0 Å². The Bertz CT molecular complexity index is 1290. The van der Waals surface area contributed by atoms with E-state index in [-0.39, 0.29) is 17.2 Å². The third-order valence-electron chi connectivity index (χ3n) is 5.14. The molecule has 0 radical (unpaired) electrons. The Morgan fingerprint density at radius 3 is 2.97 bits per heavy atom. The number of anilines is 1. The molecule has 1 aliphatic rings. The number of aromatic nitrogens is 6. The molecule has 1 aromatic carbocycles. The van der Waals surface area contributed by atoms with Crippen LogP contribution >= 0.6 is 0 Å². The van der Waals surface area contributed by atoms with Crippen molar-refractivity contribution >= 4 is 17.0 Å². The van der Waals surface area contributed by atoms with Crippen molar-refractivity contribution in [2.75, 3.05) is 5.32 Å². The van der Waals surface area contributed by atoms with Crippen LogP contribution in [0.4, 0.5) is 14.7 Å². The van der Waals surface area contributed by atoms with Crippen LogP contribution in [0.1, 0.15) is 12.2 Å². The van der Waals surface area contributed by atoms with E-state index in [2.05, 4.69) is 25.4 Å². The maximum absolute atomic E-state index is 14.1. The lowest BCUT2D eigenvalue weighted by atomic mass is 10.1. The van der Waals surface area contributed by atoms with Gasteiger partial charge in [-0.1, -0.05) is 0 Å². The van der Waals surface area contributed by atoms with Gasteiger partial charge in [0.1, 0.15) is 22.8 Å². The number of rotatable bonds is 3. The summed E-state index contributed by atoms with van der Waals surface area (Å²) in [5, 5.41) is 7.75. The quantitative estimate of drug-likeness (QED) is 0.553. The molecule has 8 nitrogen and oxygen atoms in total. The van der Waals surface area contributed by atoms with Crippen LogP contribution in [0.25, 0.3) is 22.3 Å². The van der Waals surface area contributed by atoms with E-state index >= 15 is 0 Å². The number of imidazole rings is 1. The number of aryl methyl sites for hydroxylation is 2. The van der Waals surface area contributed by atoms with Crippen molar-refractivity contribution in [3.05, 3.63) is 58.4 Å². The maximum atomic E-state index is 14.1. The normalized spacial score (nSPS) is 16.2. The first kappa shape index (κ1) is 17.5. The van der Waals surface area contributed by atoms with E-state index in [4.69, 9.17) is 0 Å². The Morgan fingerprint density at radius 1 is 1.28 bits per heavy atom. The molecule has 0 spiro atoms. The van der Waals surface area contributed by atoms with Crippen molar-refractivity contribution in [3.63, 3.8) is 0 Å². The molecule has 10 heteroatoms. The van der Waals surface area contributed by atoms with Gasteiger partial charge in [-0.3, -0.25) is 14.5 Å². The molecule has 3 aromatic heterocycles. The van der Waals surface area contributed by atoms with Crippen LogP contribution in [0, 0.1) is 11.6 Å². The molecule has 0 aliphatic carbocycles. The number of benzene rings is 1. The van der Waals surface area contributed by atoms with E-state index in [1.54, 1.807) is 17.9 Å². The van der Waals surface area contributed by atoms with E-state index in [1.165, 1.54) is 18.3 Å². The van der Waals surface area contributed by atoms with Crippen LogP contribution in [0.15, 0.2) is 35.4 Å². The molecule has 5 rings (SSSR count). The number of halogens is 2. The number of nitrogens with one attached hydrogen (secondary N) is 2. The summed E-state index contributed by atoms with van der Waals surface area (Å²) in [6, 6.07) is 3.48. The highest BCUT2D eigenvalue weighted by Gasteiger charge is 2.22. The summed E-state index contributed by atoms with van der Waals surface area (Å²) >= 11 is 0. The summed E-state index contributed by atoms with van der Waals surface area (Å²) < 4.78 is 30.7. The first-order valence-corrected chi connectivity index (χ1v) is 9.18. The van der Waals surface area contributed by atoms with E-state index in [1.807, 2.05) is 4.57 Å². The zero-order valence-electron chi connectivity index (χ0n) is 15.5. The molecule has 0 saturated heterocycles.